The van der Waals surface area contributed by atoms with Gasteiger partial charge in [-0.15, -0.1) is 0 Å². The van der Waals surface area contributed by atoms with E-state index in [2.05, 4.69) is 10.1 Å². The molecule has 0 spiro atoms. The van der Waals surface area contributed by atoms with E-state index in [0.717, 1.165) is 11.3 Å². The Balaban J connectivity index is 1.89. The summed E-state index contributed by atoms with van der Waals surface area (Å²) < 4.78 is 14.6. The molecule has 1 unspecified atom stereocenters. The normalized spacial score (nSPS) is 17.0. The highest BCUT2D eigenvalue weighted by atomic mass is 16.7. The molecule has 1 aromatic carbocycles. The standard InChI is InChI=1S/C19H27N3O6/c1-14(23)21-8-9-22(16(11-21)13-28-19(25)27-3)12-18(24)20-10-15-4-6-17(26-2)7-5-15/h4-7,16H,8-13H2,1-3H3,(H,20,24). The third kappa shape index (κ3) is 6.41. The molecular weight excluding hydrogens is 366 g/mol. The van der Waals surface area contributed by atoms with Crippen LogP contribution in [0.4, 0.5) is 4.79 Å². The van der Waals surface area contributed by atoms with Gasteiger partial charge in [-0.25, -0.2) is 4.79 Å². The fourth-order valence-electron chi connectivity index (χ4n) is 2.95. The molecule has 0 aromatic heterocycles. The molecule has 0 aliphatic carbocycles. The Morgan fingerprint density at radius 2 is 1.86 bits per heavy atom. The molecular formula is C19H27N3O6. The van der Waals surface area contributed by atoms with Crippen LogP contribution in [0.2, 0.25) is 0 Å². The lowest BCUT2D eigenvalue weighted by Gasteiger charge is -2.40. The fraction of sp³-hybridized carbons (Fsp3) is 0.526. The highest BCUT2D eigenvalue weighted by Gasteiger charge is 2.30. The number of methoxy groups -OCH3 is 2. The first-order valence-corrected chi connectivity index (χ1v) is 9.03. The number of ether oxygens (including phenoxy) is 3. The van der Waals surface area contributed by atoms with Crippen molar-refractivity contribution in [2.45, 2.75) is 19.5 Å². The Hall–Kier alpha value is -2.81. The summed E-state index contributed by atoms with van der Waals surface area (Å²) in [6, 6.07) is 7.17. The van der Waals surface area contributed by atoms with Gasteiger partial charge in [-0.05, 0) is 17.7 Å². The number of carbonyl (C=O) groups excluding carboxylic acids is 3. The number of nitrogens with one attached hydrogen (secondary N) is 1. The van der Waals surface area contributed by atoms with Gasteiger partial charge in [0, 0.05) is 33.1 Å². The summed E-state index contributed by atoms with van der Waals surface area (Å²) in [5.74, 6) is 0.564. The molecule has 1 aliphatic rings. The maximum Gasteiger partial charge on any atom is 0.508 e. The van der Waals surface area contributed by atoms with Crippen molar-refractivity contribution in [1.29, 1.82) is 0 Å². The monoisotopic (exact) mass is 393 g/mol. The maximum absolute atomic E-state index is 12.4. The molecule has 1 aromatic rings. The topological polar surface area (TPSA) is 97.4 Å². The van der Waals surface area contributed by atoms with Crippen LogP contribution in [-0.4, -0.2) is 80.8 Å². The average Bonchev–Trinajstić information content (AvgIpc) is 2.71. The number of hydrogen-bond donors (Lipinski definition) is 1. The van der Waals surface area contributed by atoms with Gasteiger partial charge in [0.05, 0.1) is 26.8 Å². The number of benzene rings is 1. The summed E-state index contributed by atoms with van der Waals surface area (Å²) in [6.45, 7) is 3.52. The number of amides is 2. The lowest BCUT2D eigenvalue weighted by Crippen LogP contribution is -2.58. The fourth-order valence-corrected chi connectivity index (χ4v) is 2.95. The number of nitrogens with zero attached hydrogens (tertiary/aromatic N) is 2. The molecule has 9 heteroatoms. The van der Waals surface area contributed by atoms with Gasteiger partial charge in [0.25, 0.3) is 0 Å². The Morgan fingerprint density at radius 1 is 1.14 bits per heavy atom. The smallest absolute Gasteiger partial charge is 0.497 e. The van der Waals surface area contributed by atoms with Crippen LogP contribution < -0.4 is 10.1 Å². The van der Waals surface area contributed by atoms with Gasteiger partial charge >= 0.3 is 6.16 Å². The second kappa shape index (κ2) is 10.5. The average molecular weight is 393 g/mol. The van der Waals surface area contributed by atoms with Crippen molar-refractivity contribution in [3.63, 3.8) is 0 Å². The van der Waals surface area contributed by atoms with E-state index in [4.69, 9.17) is 9.47 Å². The van der Waals surface area contributed by atoms with Crippen LogP contribution in [-0.2, 0) is 25.6 Å². The Morgan fingerprint density at radius 3 is 2.46 bits per heavy atom. The number of rotatable bonds is 7. The second-order valence-corrected chi connectivity index (χ2v) is 6.48. The van der Waals surface area contributed by atoms with E-state index < -0.39 is 6.16 Å². The third-order valence-corrected chi connectivity index (χ3v) is 4.61. The first-order valence-electron chi connectivity index (χ1n) is 9.03. The van der Waals surface area contributed by atoms with Gasteiger partial charge in [0.15, 0.2) is 0 Å². The minimum absolute atomic E-state index is 0.0439. The highest BCUT2D eigenvalue weighted by molar-refractivity contribution is 5.78. The van der Waals surface area contributed by atoms with E-state index >= 15 is 0 Å². The van der Waals surface area contributed by atoms with Crippen LogP contribution in [0.15, 0.2) is 24.3 Å². The Kier molecular flexibility index (Phi) is 8.06. The van der Waals surface area contributed by atoms with E-state index in [1.807, 2.05) is 29.2 Å². The Bertz CT molecular complexity index is 679. The van der Waals surface area contributed by atoms with E-state index in [1.165, 1.54) is 14.0 Å². The molecule has 2 rings (SSSR count). The molecule has 1 heterocycles. The first-order chi connectivity index (χ1) is 13.4. The van der Waals surface area contributed by atoms with Crippen molar-refractivity contribution < 1.29 is 28.6 Å². The summed E-state index contributed by atoms with van der Waals surface area (Å²) in [5.41, 5.74) is 0.959. The molecule has 1 aliphatic heterocycles. The maximum atomic E-state index is 12.4. The summed E-state index contributed by atoms with van der Waals surface area (Å²) in [5, 5.41) is 2.88. The van der Waals surface area contributed by atoms with Gasteiger partial charge in [0.1, 0.15) is 12.4 Å². The molecule has 1 N–H and O–H groups in total. The largest absolute Gasteiger partial charge is 0.508 e. The molecule has 1 saturated heterocycles. The third-order valence-electron chi connectivity index (χ3n) is 4.61. The van der Waals surface area contributed by atoms with Crippen molar-refractivity contribution in [1.82, 2.24) is 15.1 Å². The van der Waals surface area contributed by atoms with Crippen molar-refractivity contribution in [2.75, 3.05) is 47.0 Å². The summed E-state index contributed by atoms with van der Waals surface area (Å²) in [7, 11) is 2.83. The van der Waals surface area contributed by atoms with Gasteiger partial charge in [0.2, 0.25) is 11.8 Å². The van der Waals surface area contributed by atoms with E-state index in [1.54, 1.807) is 12.0 Å². The molecule has 154 valence electrons. The molecule has 1 fully saturated rings. The SMILES string of the molecule is COC(=O)OCC1CN(C(C)=O)CCN1CC(=O)NCc1ccc(OC)cc1. The minimum atomic E-state index is -0.788. The minimum Gasteiger partial charge on any atom is -0.497 e. The van der Waals surface area contributed by atoms with Crippen molar-refractivity contribution >= 4 is 18.0 Å². The second-order valence-electron chi connectivity index (χ2n) is 6.48. The summed E-state index contributed by atoms with van der Waals surface area (Å²) in [4.78, 5) is 38.9. The molecule has 1 atom stereocenters. The van der Waals surface area contributed by atoms with Crippen LogP contribution >= 0.6 is 0 Å². The van der Waals surface area contributed by atoms with Crippen LogP contribution in [0.3, 0.4) is 0 Å². The Labute approximate surface area is 164 Å². The number of piperazine rings is 1. The predicted molar refractivity (Wildman–Crippen MR) is 101 cm³/mol. The van der Waals surface area contributed by atoms with Crippen molar-refractivity contribution in [3.05, 3.63) is 29.8 Å². The zero-order chi connectivity index (χ0) is 20.5. The molecule has 2 amide bonds. The number of hydrogen-bond acceptors (Lipinski definition) is 7. The van der Waals surface area contributed by atoms with Gasteiger partial charge in [-0.3, -0.25) is 14.5 Å². The first kappa shape index (κ1) is 21.5. The summed E-state index contributed by atoms with van der Waals surface area (Å²) >= 11 is 0. The van der Waals surface area contributed by atoms with E-state index in [0.29, 0.717) is 26.2 Å². The van der Waals surface area contributed by atoms with Gasteiger partial charge in [-0.1, -0.05) is 12.1 Å². The predicted octanol–water partition coefficient (Wildman–Crippen LogP) is 0.627. The lowest BCUT2D eigenvalue weighted by molar-refractivity contribution is -0.133. The zero-order valence-electron chi connectivity index (χ0n) is 16.5. The molecule has 28 heavy (non-hydrogen) atoms. The molecule has 9 nitrogen and oxygen atoms in total. The van der Waals surface area contributed by atoms with Crippen LogP contribution in [0, 0.1) is 0 Å². The van der Waals surface area contributed by atoms with Crippen LogP contribution in [0.1, 0.15) is 12.5 Å². The van der Waals surface area contributed by atoms with Crippen molar-refractivity contribution in [2.24, 2.45) is 0 Å². The molecule has 0 saturated carbocycles. The van der Waals surface area contributed by atoms with Gasteiger partial charge in [-0.2, -0.15) is 0 Å². The van der Waals surface area contributed by atoms with E-state index in [-0.39, 0.29) is 31.0 Å². The highest BCUT2D eigenvalue weighted by Crippen LogP contribution is 2.12. The molecule has 0 bridgehead atoms. The molecule has 0 radical (unpaired) electrons. The van der Waals surface area contributed by atoms with Gasteiger partial charge < -0.3 is 24.4 Å². The lowest BCUT2D eigenvalue weighted by atomic mass is 10.1. The summed E-state index contributed by atoms with van der Waals surface area (Å²) in [6.07, 6.45) is -0.788. The number of carbonyl (C=O) groups is 3. The van der Waals surface area contributed by atoms with Crippen molar-refractivity contribution in [3.8, 4) is 5.75 Å². The van der Waals surface area contributed by atoms with Crippen LogP contribution in [0.5, 0.6) is 5.75 Å². The van der Waals surface area contributed by atoms with E-state index in [9.17, 15) is 14.4 Å². The zero-order valence-corrected chi connectivity index (χ0v) is 16.5. The quantitative estimate of drug-likeness (QED) is 0.679. The van der Waals surface area contributed by atoms with Crippen LogP contribution in [0.25, 0.3) is 0 Å².